The van der Waals surface area contributed by atoms with Gasteiger partial charge in [-0.25, -0.2) is 0 Å². The number of para-hydroxylation sites is 1. The zero-order chi connectivity index (χ0) is 20.6. The number of aromatic amines is 1. The number of amides is 2. The maximum absolute atomic E-state index is 12.0. The molecule has 0 saturated heterocycles. The van der Waals surface area contributed by atoms with Crippen molar-refractivity contribution in [2.45, 2.75) is 19.4 Å². The first-order valence-electron chi connectivity index (χ1n) is 9.40. The fourth-order valence-corrected chi connectivity index (χ4v) is 3.14. The van der Waals surface area contributed by atoms with Crippen LogP contribution in [-0.2, 0) is 22.6 Å². The van der Waals surface area contributed by atoms with Gasteiger partial charge in [-0.1, -0.05) is 24.3 Å². The Bertz CT molecular complexity index is 997. The topological polar surface area (TPSA) is 92.5 Å². The molecule has 0 aliphatic heterocycles. The van der Waals surface area contributed by atoms with Gasteiger partial charge in [0, 0.05) is 30.2 Å². The maximum Gasteiger partial charge on any atom is 0.229 e. The van der Waals surface area contributed by atoms with E-state index in [-0.39, 0.29) is 18.2 Å². The molecule has 2 amide bonds. The number of nitrogens with one attached hydrogen (secondary N) is 3. The Hall–Kier alpha value is -3.48. The number of rotatable bonds is 9. The van der Waals surface area contributed by atoms with Gasteiger partial charge in [0.05, 0.1) is 14.2 Å². The number of ether oxygens (including phenoxy) is 2. The van der Waals surface area contributed by atoms with E-state index in [1.165, 1.54) is 0 Å². The number of benzene rings is 2. The number of methoxy groups -OCH3 is 2. The summed E-state index contributed by atoms with van der Waals surface area (Å²) in [6.07, 6.45) is 2.44. The number of aromatic nitrogens is 1. The lowest BCUT2D eigenvalue weighted by Gasteiger charge is -2.10. The van der Waals surface area contributed by atoms with Crippen molar-refractivity contribution in [3.05, 3.63) is 59.8 Å². The van der Waals surface area contributed by atoms with E-state index in [0.29, 0.717) is 31.0 Å². The quantitative estimate of drug-likeness (QED) is 0.486. The van der Waals surface area contributed by atoms with Crippen LogP contribution < -0.4 is 20.1 Å². The minimum atomic E-state index is -0.329. The summed E-state index contributed by atoms with van der Waals surface area (Å²) in [5.41, 5.74) is 3.07. The molecular weight excluding hydrogens is 370 g/mol. The van der Waals surface area contributed by atoms with Crippen molar-refractivity contribution < 1.29 is 19.1 Å². The van der Waals surface area contributed by atoms with Crippen LogP contribution in [0.25, 0.3) is 10.9 Å². The first kappa shape index (κ1) is 20.3. The molecule has 1 aromatic heterocycles. The zero-order valence-electron chi connectivity index (χ0n) is 16.6. The summed E-state index contributed by atoms with van der Waals surface area (Å²) in [4.78, 5) is 27.3. The maximum atomic E-state index is 12.0. The molecule has 1 heterocycles. The Morgan fingerprint density at radius 2 is 1.72 bits per heavy atom. The molecule has 29 heavy (non-hydrogen) atoms. The van der Waals surface area contributed by atoms with E-state index in [1.54, 1.807) is 26.4 Å². The van der Waals surface area contributed by atoms with Crippen molar-refractivity contribution in [2.24, 2.45) is 0 Å². The molecule has 0 aliphatic carbocycles. The van der Waals surface area contributed by atoms with Gasteiger partial charge >= 0.3 is 0 Å². The Morgan fingerprint density at radius 3 is 2.52 bits per heavy atom. The number of H-pyrrole nitrogens is 1. The number of fused-ring (bicyclic) bond motifs is 1. The van der Waals surface area contributed by atoms with Gasteiger partial charge in [0.1, 0.15) is 6.42 Å². The fourth-order valence-electron chi connectivity index (χ4n) is 3.14. The van der Waals surface area contributed by atoms with Crippen LogP contribution in [0.2, 0.25) is 0 Å². The summed E-state index contributed by atoms with van der Waals surface area (Å²) >= 11 is 0. The van der Waals surface area contributed by atoms with Gasteiger partial charge in [0.25, 0.3) is 0 Å². The van der Waals surface area contributed by atoms with Crippen LogP contribution in [0.5, 0.6) is 11.5 Å². The fraction of sp³-hybridized carbons (Fsp3) is 0.273. The van der Waals surface area contributed by atoms with Gasteiger partial charge in [-0.05, 0) is 35.7 Å². The van der Waals surface area contributed by atoms with Gasteiger partial charge in [-0.15, -0.1) is 0 Å². The largest absolute Gasteiger partial charge is 0.493 e. The van der Waals surface area contributed by atoms with Crippen molar-refractivity contribution in [2.75, 3.05) is 20.8 Å². The van der Waals surface area contributed by atoms with Crippen molar-refractivity contribution in [1.82, 2.24) is 15.6 Å². The molecule has 0 atom stereocenters. The third kappa shape index (κ3) is 5.28. The summed E-state index contributed by atoms with van der Waals surface area (Å²) in [6.45, 7) is 0.783. The van der Waals surface area contributed by atoms with Crippen LogP contribution in [0, 0.1) is 0 Å². The SMILES string of the molecule is COc1ccc(CNC(=O)CC(=O)NCCc2c[nH]c3ccccc23)cc1OC. The zero-order valence-corrected chi connectivity index (χ0v) is 16.6. The van der Waals surface area contributed by atoms with Gasteiger partial charge < -0.3 is 25.1 Å². The molecule has 2 aromatic carbocycles. The summed E-state index contributed by atoms with van der Waals surface area (Å²) in [7, 11) is 3.12. The Labute approximate surface area is 169 Å². The molecule has 3 rings (SSSR count). The third-order valence-electron chi connectivity index (χ3n) is 4.65. The van der Waals surface area contributed by atoms with Gasteiger partial charge in [-0.2, -0.15) is 0 Å². The lowest BCUT2D eigenvalue weighted by Crippen LogP contribution is -2.32. The second-order valence-corrected chi connectivity index (χ2v) is 6.60. The Balaban J connectivity index is 1.42. The predicted molar refractivity (Wildman–Crippen MR) is 111 cm³/mol. The lowest BCUT2D eigenvalue weighted by atomic mass is 10.1. The van der Waals surface area contributed by atoms with E-state index in [4.69, 9.17) is 9.47 Å². The van der Waals surface area contributed by atoms with Gasteiger partial charge in [0.2, 0.25) is 11.8 Å². The molecule has 3 aromatic rings. The molecular formula is C22H25N3O4. The average Bonchev–Trinajstić information content (AvgIpc) is 3.15. The molecule has 3 N–H and O–H groups in total. The van der Waals surface area contributed by atoms with Crippen LogP contribution in [0.1, 0.15) is 17.5 Å². The van der Waals surface area contributed by atoms with Crippen LogP contribution in [0.4, 0.5) is 0 Å². The Kier molecular flexibility index (Phi) is 6.73. The number of hydrogen-bond acceptors (Lipinski definition) is 4. The van der Waals surface area contributed by atoms with E-state index >= 15 is 0 Å². The first-order chi connectivity index (χ1) is 14.1. The van der Waals surface area contributed by atoms with Gasteiger partial charge in [-0.3, -0.25) is 9.59 Å². The smallest absolute Gasteiger partial charge is 0.229 e. The average molecular weight is 395 g/mol. The minimum Gasteiger partial charge on any atom is -0.493 e. The predicted octanol–water partition coefficient (Wildman–Crippen LogP) is 2.55. The third-order valence-corrected chi connectivity index (χ3v) is 4.65. The van der Waals surface area contributed by atoms with E-state index in [0.717, 1.165) is 22.0 Å². The molecule has 152 valence electrons. The first-order valence-corrected chi connectivity index (χ1v) is 9.40. The highest BCUT2D eigenvalue weighted by molar-refractivity contribution is 5.96. The molecule has 0 spiro atoms. The van der Waals surface area contributed by atoms with Crippen molar-refractivity contribution in [1.29, 1.82) is 0 Å². The molecule has 0 saturated carbocycles. The van der Waals surface area contributed by atoms with E-state index in [1.807, 2.05) is 36.5 Å². The molecule has 0 unspecified atom stereocenters. The van der Waals surface area contributed by atoms with E-state index < -0.39 is 0 Å². The molecule has 7 nitrogen and oxygen atoms in total. The standard InChI is InChI=1S/C22H25N3O4/c1-28-19-8-7-15(11-20(19)29-2)13-25-22(27)12-21(26)23-10-9-16-14-24-18-6-4-3-5-17(16)18/h3-8,11,14,24H,9-10,12-13H2,1-2H3,(H,23,26)(H,25,27). The van der Waals surface area contributed by atoms with Gasteiger partial charge in [0.15, 0.2) is 11.5 Å². The second kappa shape index (κ2) is 9.64. The molecule has 0 aliphatic rings. The molecule has 7 heteroatoms. The highest BCUT2D eigenvalue weighted by Crippen LogP contribution is 2.27. The number of carbonyl (C=O) groups excluding carboxylic acids is 2. The number of hydrogen-bond donors (Lipinski definition) is 3. The van der Waals surface area contributed by atoms with Crippen LogP contribution >= 0.6 is 0 Å². The van der Waals surface area contributed by atoms with Crippen LogP contribution in [-0.4, -0.2) is 37.6 Å². The summed E-state index contributed by atoms with van der Waals surface area (Å²) in [5.74, 6) is 0.588. The van der Waals surface area contributed by atoms with Crippen molar-refractivity contribution in [3.63, 3.8) is 0 Å². The van der Waals surface area contributed by atoms with Crippen LogP contribution in [0.3, 0.4) is 0 Å². The summed E-state index contributed by atoms with van der Waals surface area (Å²) in [6, 6.07) is 13.4. The minimum absolute atomic E-state index is 0.207. The summed E-state index contributed by atoms with van der Waals surface area (Å²) in [5, 5.41) is 6.69. The Morgan fingerprint density at radius 1 is 0.966 bits per heavy atom. The van der Waals surface area contributed by atoms with E-state index in [9.17, 15) is 9.59 Å². The second-order valence-electron chi connectivity index (χ2n) is 6.60. The normalized spacial score (nSPS) is 10.6. The molecule has 0 bridgehead atoms. The summed E-state index contributed by atoms with van der Waals surface area (Å²) < 4.78 is 10.4. The van der Waals surface area contributed by atoms with E-state index in [2.05, 4.69) is 15.6 Å². The van der Waals surface area contributed by atoms with Crippen molar-refractivity contribution in [3.8, 4) is 11.5 Å². The lowest BCUT2D eigenvalue weighted by molar-refractivity contribution is -0.129. The van der Waals surface area contributed by atoms with Crippen LogP contribution in [0.15, 0.2) is 48.7 Å². The highest BCUT2D eigenvalue weighted by Gasteiger charge is 2.11. The highest BCUT2D eigenvalue weighted by atomic mass is 16.5. The molecule has 0 radical (unpaired) electrons. The van der Waals surface area contributed by atoms with Crippen molar-refractivity contribution >= 4 is 22.7 Å². The monoisotopic (exact) mass is 395 g/mol. The number of carbonyl (C=O) groups is 2. The molecule has 0 fully saturated rings.